The van der Waals surface area contributed by atoms with Crippen LogP contribution in [0.3, 0.4) is 0 Å². The number of primary amides is 1. The number of carbonyl (C=O) groups excluding carboxylic acids is 3. The zero-order valence-electron chi connectivity index (χ0n) is 15.7. The lowest BCUT2D eigenvalue weighted by Gasteiger charge is -2.39. The fourth-order valence-electron chi connectivity index (χ4n) is 4.90. The number of hydrogen-bond acceptors (Lipinski definition) is 8. The van der Waals surface area contributed by atoms with Crippen molar-refractivity contribution in [1.82, 2.24) is 10.2 Å². The van der Waals surface area contributed by atoms with Crippen molar-refractivity contribution in [3.8, 4) is 0 Å². The Morgan fingerprint density at radius 2 is 2.10 bits per heavy atom. The van der Waals surface area contributed by atoms with Gasteiger partial charge in [-0.1, -0.05) is 18.2 Å². The highest BCUT2D eigenvalue weighted by Crippen LogP contribution is 2.55. The lowest BCUT2D eigenvalue weighted by atomic mass is 9.84. The molecule has 3 heterocycles. The average Bonchev–Trinajstić information content (AvgIpc) is 3.31. The molecule has 9 nitrogen and oxygen atoms in total. The number of piperazine rings is 1. The van der Waals surface area contributed by atoms with Gasteiger partial charge in [0.25, 0.3) is 0 Å². The van der Waals surface area contributed by atoms with Gasteiger partial charge in [-0.25, -0.2) is 4.79 Å². The van der Waals surface area contributed by atoms with Crippen LogP contribution in [0.5, 0.6) is 0 Å². The topological polar surface area (TPSA) is 133 Å². The molecule has 3 unspecified atom stereocenters. The first-order chi connectivity index (χ1) is 14.0. The summed E-state index contributed by atoms with van der Waals surface area (Å²) in [5.41, 5.74) is 5.70. The quantitative estimate of drug-likeness (QED) is 0.472. The maximum atomic E-state index is 13.4. The molecule has 2 fully saturated rings. The summed E-state index contributed by atoms with van der Waals surface area (Å²) in [5.74, 6) is -1.23. The minimum Gasteiger partial charge on any atom is -0.449 e. The van der Waals surface area contributed by atoms with Gasteiger partial charge in [-0.3, -0.25) is 9.59 Å². The molecule has 0 bridgehead atoms. The third-order valence-electron chi connectivity index (χ3n) is 6.08. The van der Waals surface area contributed by atoms with Crippen LogP contribution in [0.15, 0.2) is 53.4 Å². The number of carbonyl (C=O) groups is 3. The lowest BCUT2D eigenvalue weighted by Crippen LogP contribution is -2.55. The minimum atomic E-state index is -0.966. The minimum absolute atomic E-state index is 0.0642. The summed E-state index contributed by atoms with van der Waals surface area (Å²) in [6, 6.07) is 9.23. The van der Waals surface area contributed by atoms with E-state index in [2.05, 4.69) is 10.6 Å². The molecule has 1 aromatic carbocycles. The molecule has 5 rings (SSSR count). The molecule has 0 saturated carbocycles. The predicted octanol–water partition coefficient (Wildman–Crippen LogP) is 0.112. The van der Waals surface area contributed by atoms with E-state index in [1.165, 1.54) is 13.2 Å². The number of fused-ring (bicyclic) bond motifs is 4. The lowest BCUT2D eigenvalue weighted by molar-refractivity contribution is -0.136. The SMILES string of the molecule is CO[C@@]12C(COC(N)=O)C3=C(C(=O)C=C(Nc4ccccc4)C3=O)N1CC1NC12. The number of benzene rings is 1. The molecule has 3 aliphatic heterocycles. The smallest absolute Gasteiger partial charge is 0.404 e. The van der Waals surface area contributed by atoms with E-state index >= 15 is 0 Å². The molecule has 150 valence electrons. The normalized spacial score (nSPS) is 31.8. The molecule has 1 aromatic rings. The number of Topliss-reactive ketones (excluding diaryl/α,β-unsaturated/α-hetero) is 1. The van der Waals surface area contributed by atoms with E-state index in [-0.39, 0.29) is 36.0 Å². The highest BCUT2D eigenvalue weighted by atomic mass is 16.6. The van der Waals surface area contributed by atoms with Gasteiger partial charge in [-0.05, 0) is 12.1 Å². The maximum Gasteiger partial charge on any atom is 0.404 e. The van der Waals surface area contributed by atoms with Gasteiger partial charge in [0.15, 0.2) is 5.72 Å². The van der Waals surface area contributed by atoms with Crippen LogP contribution in [0.25, 0.3) is 0 Å². The van der Waals surface area contributed by atoms with E-state index in [4.69, 9.17) is 15.2 Å². The molecule has 1 aliphatic carbocycles. The molecular weight excluding hydrogens is 376 g/mol. The van der Waals surface area contributed by atoms with E-state index in [1.54, 1.807) is 12.1 Å². The van der Waals surface area contributed by atoms with Crippen molar-refractivity contribution in [2.45, 2.75) is 17.8 Å². The van der Waals surface area contributed by atoms with E-state index < -0.39 is 17.7 Å². The van der Waals surface area contributed by atoms with E-state index in [0.29, 0.717) is 23.5 Å². The van der Waals surface area contributed by atoms with E-state index in [1.807, 2.05) is 23.1 Å². The van der Waals surface area contributed by atoms with Crippen LogP contribution in [-0.4, -0.2) is 60.6 Å². The van der Waals surface area contributed by atoms with Crippen molar-refractivity contribution >= 4 is 23.3 Å². The molecule has 1 amide bonds. The fourth-order valence-corrected chi connectivity index (χ4v) is 4.90. The molecule has 0 radical (unpaired) electrons. The summed E-state index contributed by atoms with van der Waals surface area (Å²) >= 11 is 0. The van der Waals surface area contributed by atoms with Crippen LogP contribution in [0.2, 0.25) is 0 Å². The number of rotatable bonds is 5. The molecule has 0 aromatic heterocycles. The van der Waals surface area contributed by atoms with E-state index in [9.17, 15) is 14.4 Å². The van der Waals surface area contributed by atoms with Gasteiger partial charge in [-0.2, -0.15) is 0 Å². The summed E-state index contributed by atoms with van der Waals surface area (Å²) in [4.78, 5) is 39.6. The zero-order chi connectivity index (χ0) is 20.3. The van der Waals surface area contributed by atoms with Crippen LogP contribution in [0, 0.1) is 5.92 Å². The summed E-state index contributed by atoms with van der Waals surface area (Å²) in [6.45, 7) is 0.389. The molecule has 4 atom stereocenters. The Morgan fingerprint density at radius 3 is 2.79 bits per heavy atom. The molecule has 9 heteroatoms. The van der Waals surface area contributed by atoms with Crippen LogP contribution < -0.4 is 16.4 Å². The van der Waals surface area contributed by atoms with Crippen LogP contribution in [-0.2, 0) is 19.1 Å². The van der Waals surface area contributed by atoms with Gasteiger partial charge in [0.05, 0.1) is 23.4 Å². The van der Waals surface area contributed by atoms with Gasteiger partial charge < -0.3 is 30.7 Å². The first kappa shape index (κ1) is 17.9. The largest absolute Gasteiger partial charge is 0.449 e. The van der Waals surface area contributed by atoms with Crippen molar-refractivity contribution in [1.29, 1.82) is 0 Å². The number of ether oxygens (including phenoxy) is 2. The molecule has 29 heavy (non-hydrogen) atoms. The Balaban J connectivity index is 1.54. The van der Waals surface area contributed by atoms with E-state index in [0.717, 1.165) is 0 Å². The van der Waals surface area contributed by atoms with Gasteiger partial charge in [-0.15, -0.1) is 0 Å². The number of amides is 1. The Bertz CT molecular complexity index is 988. The Morgan fingerprint density at radius 1 is 1.34 bits per heavy atom. The summed E-state index contributed by atoms with van der Waals surface area (Å²) < 4.78 is 11.0. The second-order valence-electron chi connectivity index (χ2n) is 7.50. The first-order valence-corrected chi connectivity index (χ1v) is 9.35. The molecule has 4 aliphatic rings. The Kier molecular flexibility index (Phi) is 3.80. The van der Waals surface area contributed by atoms with Crippen molar-refractivity contribution in [2.24, 2.45) is 11.7 Å². The number of anilines is 1. The summed E-state index contributed by atoms with van der Waals surface area (Å²) in [5, 5.41) is 6.35. The van der Waals surface area contributed by atoms with Gasteiger partial charge >= 0.3 is 6.09 Å². The highest BCUT2D eigenvalue weighted by Gasteiger charge is 2.72. The molecule has 0 spiro atoms. The van der Waals surface area contributed by atoms with Gasteiger partial charge in [0.1, 0.15) is 6.61 Å². The zero-order valence-corrected chi connectivity index (χ0v) is 15.7. The number of methoxy groups -OCH3 is 1. The Hall–Kier alpha value is -3.17. The standard InChI is InChI=1S/C20H20N4O5/c1-28-20-11(9-29-19(21)27)15-16(24(20)8-13-18(20)23-13)14(25)7-12(17(15)26)22-10-5-3-2-4-6-10/h2-7,11,13,18,22-23H,8-9H2,1H3,(H2,21,27)/t11?,13?,18?,20-/m1/s1. The van der Waals surface area contributed by atoms with Gasteiger partial charge in [0, 0.05) is 37.0 Å². The summed E-state index contributed by atoms with van der Waals surface area (Å²) in [7, 11) is 1.54. The fraction of sp³-hybridized carbons (Fsp3) is 0.350. The summed E-state index contributed by atoms with van der Waals surface area (Å²) in [6.07, 6.45) is 0.381. The van der Waals surface area contributed by atoms with Crippen LogP contribution >= 0.6 is 0 Å². The molecular formula is C20H20N4O5. The molecule has 2 saturated heterocycles. The number of allylic oxidation sites excluding steroid dienone is 2. The average molecular weight is 396 g/mol. The van der Waals surface area contributed by atoms with Gasteiger partial charge in [0.2, 0.25) is 11.6 Å². The molecule has 4 N–H and O–H groups in total. The number of nitrogens with one attached hydrogen (secondary N) is 2. The monoisotopic (exact) mass is 396 g/mol. The first-order valence-electron chi connectivity index (χ1n) is 9.35. The highest BCUT2D eigenvalue weighted by molar-refractivity contribution is 6.24. The van der Waals surface area contributed by atoms with Crippen molar-refractivity contribution in [2.75, 3.05) is 25.6 Å². The predicted molar refractivity (Wildman–Crippen MR) is 101 cm³/mol. The number of nitrogens with zero attached hydrogens (tertiary/aromatic N) is 1. The second-order valence-corrected chi connectivity index (χ2v) is 7.50. The second kappa shape index (κ2) is 6.16. The van der Waals surface area contributed by atoms with Crippen LogP contribution in [0.1, 0.15) is 0 Å². The number of para-hydroxylation sites is 1. The van der Waals surface area contributed by atoms with Crippen molar-refractivity contribution in [3.63, 3.8) is 0 Å². The number of ketones is 2. The third kappa shape index (κ3) is 2.44. The third-order valence-corrected chi connectivity index (χ3v) is 6.08. The number of nitrogens with two attached hydrogens (primary N) is 1. The Labute approximate surface area is 166 Å². The van der Waals surface area contributed by atoms with Crippen LogP contribution in [0.4, 0.5) is 10.5 Å². The maximum absolute atomic E-state index is 13.4. The van der Waals surface area contributed by atoms with Crippen molar-refractivity contribution in [3.05, 3.63) is 53.4 Å². The van der Waals surface area contributed by atoms with Crippen molar-refractivity contribution < 1.29 is 23.9 Å². The number of hydrogen-bond donors (Lipinski definition) is 3.